The number of hydrogen-bond donors (Lipinski definition) is 0. The normalized spacial score (nSPS) is 11.6. The zero-order valence-electron chi connectivity index (χ0n) is 9.60. The first kappa shape index (κ1) is 14.1. The fourth-order valence-electron chi connectivity index (χ4n) is 1.24. The topological polar surface area (TPSA) is 63.7 Å². The number of carbonyl (C=O) groups excluding carboxylic acids is 1. The summed E-state index contributed by atoms with van der Waals surface area (Å²) in [6.45, 7) is 0. The highest BCUT2D eigenvalue weighted by atomic mass is 79.9. The first-order valence-corrected chi connectivity index (χ1v) is 6.83. The maximum absolute atomic E-state index is 12.1. The standard InChI is InChI=1S/C10H12BrNO4S/c1-12(2)17(14,15)10-8(11)4-7(6-13)5-9(10)16-3/h4-6H,1-3H3. The number of nitrogens with zero attached hydrogens (tertiary/aromatic N) is 1. The molecule has 0 aromatic heterocycles. The summed E-state index contributed by atoms with van der Waals surface area (Å²) in [6, 6.07) is 2.82. The second-order valence-electron chi connectivity index (χ2n) is 3.44. The molecule has 0 saturated heterocycles. The third-order valence-electron chi connectivity index (χ3n) is 2.13. The van der Waals surface area contributed by atoms with Crippen LogP contribution in [0.1, 0.15) is 10.4 Å². The molecule has 0 aliphatic carbocycles. The van der Waals surface area contributed by atoms with Crippen LogP contribution in [0.4, 0.5) is 0 Å². The summed E-state index contributed by atoms with van der Waals surface area (Å²) in [6.07, 6.45) is 0.624. The van der Waals surface area contributed by atoms with Gasteiger partial charge in [0, 0.05) is 24.1 Å². The van der Waals surface area contributed by atoms with Gasteiger partial charge in [-0.2, -0.15) is 0 Å². The number of halogens is 1. The molecule has 0 aliphatic rings. The second-order valence-corrected chi connectivity index (χ2v) is 6.38. The van der Waals surface area contributed by atoms with Gasteiger partial charge in [-0.1, -0.05) is 0 Å². The summed E-state index contributed by atoms with van der Waals surface area (Å²) in [4.78, 5) is 10.7. The van der Waals surface area contributed by atoms with Crippen LogP contribution in [-0.2, 0) is 10.0 Å². The number of aldehydes is 1. The van der Waals surface area contributed by atoms with Crippen molar-refractivity contribution in [2.75, 3.05) is 21.2 Å². The molecule has 0 bridgehead atoms. The number of methoxy groups -OCH3 is 1. The Morgan fingerprint density at radius 1 is 1.35 bits per heavy atom. The molecule has 0 aliphatic heterocycles. The van der Waals surface area contributed by atoms with Crippen molar-refractivity contribution in [3.63, 3.8) is 0 Å². The van der Waals surface area contributed by atoms with Crippen molar-refractivity contribution >= 4 is 32.2 Å². The van der Waals surface area contributed by atoms with Crippen LogP contribution in [0.3, 0.4) is 0 Å². The summed E-state index contributed by atoms with van der Waals surface area (Å²) < 4.78 is 30.5. The molecule has 0 spiro atoms. The Morgan fingerprint density at radius 3 is 2.35 bits per heavy atom. The Balaban J connectivity index is 3.59. The van der Waals surface area contributed by atoms with Crippen LogP contribution < -0.4 is 4.74 Å². The van der Waals surface area contributed by atoms with Crippen LogP contribution >= 0.6 is 15.9 Å². The lowest BCUT2D eigenvalue weighted by molar-refractivity contribution is 0.112. The minimum absolute atomic E-state index is 0.00981. The molecule has 1 aromatic rings. The largest absolute Gasteiger partial charge is 0.495 e. The van der Waals surface area contributed by atoms with E-state index >= 15 is 0 Å². The van der Waals surface area contributed by atoms with Gasteiger partial charge in [-0.25, -0.2) is 12.7 Å². The average Bonchev–Trinajstić information content (AvgIpc) is 2.26. The first-order valence-electron chi connectivity index (χ1n) is 4.59. The molecule has 5 nitrogen and oxygen atoms in total. The Hall–Kier alpha value is -0.920. The number of benzene rings is 1. The maximum Gasteiger partial charge on any atom is 0.247 e. The molecule has 0 unspecified atom stereocenters. The van der Waals surface area contributed by atoms with E-state index < -0.39 is 10.0 Å². The van der Waals surface area contributed by atoms with Gasteiger partial charge in [-0.05, 0) is 28.1 Å². The Labute approximate surface area is 109 Å². The highest BCUT2D eigenvalue weighted by Gasteiger charge is 2.25. The summed E-state index contributed by atoms with van der Waals surface area (Å²) in [5.41, 5.74) is 0.339. The molecule has 0 amide bonds. The van der Waals surface area contributed by atoms with Gasteiger partial charge in [-0.3, -0.25) is 4.79 Å². The van der Waals surface area contributed by atoms with Gasteiger partial charge in [0.2, 0.25) is 10.0 Å². The van der Waals surface area contributed by atoms with E-state index in [2.05, 4.69) is 15.9 Å². The molecule has 7 heteroatoms. The van der Waals surface area contributed by atoms with E-state index in [-0.39, 0.29) is 10.6 Å². The van der Waals surface area contributed by atoms with Crippen LogP contribution in [-0.4, -0.2) is 40.2 Å². The molecule has 17 heavy (non-hydrogen) atoms. The van der Waals surface area contributed by atoms with Crippen molar-refractivity contribution in [1.29, 1.82) is 0 Å². The SMILES string of the molecule is COc1cc(C=O)cc(Br)c1S(=O)(=O)N(C)C. The third kappa shape index (κ3) is 2.67. The lowest BCUT2D eigenvalue weighted by Crippen LogP contribution is -2.23. The average molecular weight is 322 g/mol. The third-order valence-corrected chi connectivity index (χ3v) is 4.91. The van der Waals surface area contributed by atoms with Crippen molar-refractivity contribution in [3.8, 4) is 5.75 Å². The zero-order chi connectivity index (χ0) is 13.2. The van der Waals surface area contributed by atoms with Gasteiger partial charge in [0.1, 0.15) is 16.9 Å². The fraction of sp³-hybridized carbons (Fsp3) is 0.300. The fourth-order valence-corrected chi connectivity index (χ4v) is 3.38. The number of sulfonamides is 1. The van der Waals surface area contributed by atoms with Gasteiger partial charge in [0.05, 0.1) is 7.11 Å². The van der Waals surface area contributed by atoms with Gasteiger partial charge < -0.3 is 4.74 Å². The molecule has 0 radical (unpaired) electrons. The Morgan fingerprint density at radius 2 is 1.94 bits per heavy atom. The Kier molecular flexibility index (Phi) is 4.29. The van der Waals surface area contributed by atoms with E-state index in [1.165, 1.54) is 33.3 Å². The molecular weight excluding hydrogens is 310 g/mol. The Bertz CT molecular complexity index is 539. The predicted octanol–water partition coefficient (Wildman–Crippen LogP) is 1.52. The summed E-state index contributed by atoms with van der Waals surface area (Å²) in [5.74, 6) is 0.134. The number of rotatable bonds is 4. The minimum atomic E-state index is -3.63. The number of carbonyl (C=O) groups is 1. The van der Waals surface area contributed by atoms with Gasteiger partial charge in [0.25, 0.3) is 0 Å². The summed E-state index contributed by atoms with van der Waals surface area (Å²) in [5, 5.41) is 0. The molecule has 1 rings (SSSR count). The van der Waals surface area contributed by atoms with Gasteiger partial charge in [0.15, 0.2) is 0 Å². The van der Waals surface area contributed by atoms with E-state index in [1.54, 1.807) is 0 Å². The van der Waals surface area contributed by atoms with Crippen LogP contribution in [0.15, 0.2) is 21.5 Å². The molecule has 0 saturated carbocycles. The van der Waals surface area contributed by atoms with Crippen molar-refractivity contribution in [1.82, 2.24) is 4.31 Å². The van der Waals surface area contributed by atoms with Gasteiger partial charge >= 0.3 is 0 Å². The van der Waals surface area contributed by atoms with E-state index in [0.29, 0.717) is 16.3 Å². The van der Waals surface area contributed by atoms with Crippen molar-refractivity contribution < 1.29 is 17.9 Å². The number of ether oxygens (including phenoxy) is 1. The predicted molar refractivity (Wildman–Crippen MR) is 67.0 cm³/mol. The van der Waals surface area contributed by atoms with Gasteiger partial charge in [-0.15, -0.1) is 0 Å². The second kappa shape index (κ2) is 5.16. The first-order chi connectivity index (χ1) is 7.84. The van der Waals surface area contributed by atoms with Crippen molar-refractivity contribution in [2.24, 2.45) is 0 Å². The lowest BCUT2D eigenvalue weighted by atomic mass is 10.2. The van der Waals surface area contributed by atoms with Crippen LogP contribution in [0.2, 0.25) is 0 Å². The maximum atomic E-state index is 12.1. The molecule has 1 aromatic carbocycles. The van der Waals surface area contributed by atoms with Crippen molar-refractivity contribution in [2.45, 2.75) is 4.90 Å². The monoisotopic (exact) mass is 321 g/mol. The smallest absolute Gasteiger partial charge is 0.247 e. The lowest BCUT2D eigenvalue weighted by Gasteiger charge is -2.16. The molecule has 94 valence electrons. The quantitative estimate of drug-likeness (QED) is 0.789. The zero-order valence-corrected chi connectivity index (χ0v) is 12.0. The number of hydrogen-bond acceptors (Lipinski definition) is 4. The van der Waals surface area contributed by atoms with Crippen molar-refractivity contribution in [3.05, 3.63) is 22.2 Å². The molecule has 0 fully saturated rings. The van der Waals surface area contributed by atoms with E-state index in [9.17, 15) is 13.2 Å². The van der Waals surface area contributed by atoms with Crippen LogP contribution in [0.25, 0.3) is 0 Å². The van der Waals surface area contributed by atoms with E-state index in [4.69, 9.17) is 4.74 Å². The molecule has 0 N–H and O–H groups in total. The highest BCUT2D eigenvalue weighted by molar-refractivity contribution is 9.10. The molecule has 0 atom stereocenters. The van der Waals surface area contributed by atoms with Crippen LogP contribution in [0, 0.1) is 0 Å². The molecular formula is C10H12BrNO4S. The van der Waals surface area contributed by atoms with Crippen LogP contribution in [0.5, 0.6) is 5.75 Å². The van der Waals surface area contributed by atoms with E-state index in [1.807, 2.05) is 0 Å². The summed E-state index contributed by atoms with van der Waals surface area (Å²) in [7, 11) is 0.573. The van der Waals surface area contributed by atoms with E-state index in [0.717, 1.165) is 4.31 Å². The highest BCUT2D eigenvalue weighted by Crippen LogP contribution is 2.34. The minimum Gasteiger partial charge on any atom is -0.495 e. The summed E-state index contributed by atoms with van der Waals surface area (Å²) >= 11 is 3.14. The molecule has 0 heterocycles.